The van der Waals surface area contributed by atoms with E-state index in [-0.39, 0.29) is 6.04 Å². The van der Waals surface area contributed by atoms with E-state index in [0.717, 1.165) is 17.8 Å². The maximum atomic E-state index is 5.39. The Kier molecular flexibility index (Phi) is 3.92. The average molecular weight is 296 g/mol. The van der Waals surface area contributed by atoms with Crippen molar-refractivity contribution in [2.45, 2.75) is 19.4 Å². The van der Waals surface area contributed by atoms with Crippen LogP contribution in [0.4, 0.5) is 0 Å². The highest BCUT2D eigenvalue weighted by molar-refractivity contribution is 7.71. The Morgan fingerprint density at radius 1 is 1.19 bits per heavy atom. The van der Waals surface area contributed by atoms with Gasteiger partial charge in [-0.2, -0.15) is 5.10 Å². The Morgan fingerprint density at radius 2 is 2.00 bits per heavy atom. The Balaban J connectivity index is 1.95. The van der Waals surface area contributed by atoms with Crippen molar-refractivity contribution in [3.63, 3.8) is 0 Å². The molecule has 0 saturated heterocycles. The first kappa shape index (κ1) is 13.7. The number of aromatic amines is 1. The van der Waals surface area contributed by atoms with Crippen LogP contribution < -0.4 is 0 Å². The second kappa shape index (κ2) is 6.01. The third kappa shape index (κ3) is 2.92. The van der Waals surface area contributed by atoms with Gasteiger partial charge in [0.2, 0.25) is 0 Å². The molecule has 5 heteroatoms. The van der Waals surface area contributed by atoms with Crippen molar-refractivity contribution in [2.24, 2.45) is 0 Å². The maximum absolute atomic E-state index is 5.39. The van der Waals surface area contributed by atoms with Crippen LogP contribution in [0.3, 0.4) is 0 Å². The summed E-state index contributed by atoms with van der Waals surface area (Å²) >= 11 is 5.39. The van der Waals surface area contributed by atoms with Gasteiger partial charge in [0.1, 0.15) is 0 Å². The van der Waals surface area contributed by atoms with Gasteiger partial charge < -0.3 is 0 Å². The molecule has 106 valence electrons. The molecule has 0 amide bonds. The van der Waals surface area contributed by atoms with Gasteiger partial charge in [-0.3, -0.25) is 14.6 Å². The molecule has 1 N–H and O–H groups in total. The Labute approximate surface area is 128 Å². The number of aromatic nitrogens is 4. The Morgan fingerprint density at radius 3 is 2.71 bits per heavy atom. The quantitative estimate of drug-likeness (QED) is 0.745. The van der Waals surface area contributed by atoms with Gasteiger partial charge in [0.15, 0.2) is 10.6 Å². The standard InChI is InChI=1S/C16H16N4S/c1-12(10-13-6-3-2-4-7-13)20-15(18-19-16(20)21)14-8-5-9-17-11-14/h2-9,11-12H,10H2,1H3,(H,19,21). The zero-order valence-electron chi connectivity index (χ0n) is 11.7. The molecule has 0 fully saturated rings. The smallest absolute Gasteiger partial charge is 0.195 e. The highest BCUT2D eigenvalue weighted by Crippen LogP contribution is 2.22. The monoisotopic (exact) mass is 296 g/mol. The fraction of sp³-hybridized carbons (Fsp3) is 0.188. The Bertz CT molecular complexity index is 762. The molecule has 2 aromatic heterocycles. The number of nitrogens with one attached hydrogen (secondary N) is 1. The van der Waals surface area contributed by atoms with Gasteiger partial charge in [0, 0.05) is 24.0 Å². The van der Waals surface area contributed by atoms with E-state index >= 15 is 0 Å². The molecule has 0 radical (unpaired) electrons. The fourth-order valence-electron chi connectivity index (χ4n) is 2.46. The molecule has 4 nitrogen and oxygen atoms in total. The normalized spacial score (nSPS) is 12.2. The molecular formula is C16H16N4S. The summed E-state index contributed by atoms with van der Waals surface area (Å²) in [6, 6.07) is 14.5. The summed E-state index contributed by atoms with van der Waals surface area (Å²) in [5, 5.41) is 7.24. The summed E-state index contributed by atoms with van der Waals surface area (Å²) in [4.78, 5) is 4.15. The summed E-state index contributed by atoms with van der Waals surface area (Å²) in [6.45, 7) is 2.15. The SMILES string of the molecule is CC(Cc1ccccc1)n1c(-c2cccnc2)n[nH]c1=S. The summed E-state index contributed by atoms with van der Waals surface area (Å²) in [6.07, 6.45) is 4.46. The first-order valence-electron chi connectivity index (χ1n) is 6.87. The van der Waals surface area contributed by atoms with Crippen molar-refractivity contribution in [3.05, 3.63) is 65.2 Å². The minimum atomic E-state index is 0.217. The molecule has 0 spiro atoms. The largest absolute Gasteiger partial charge is 0.297 e. The third-order valence-electron chi connectivity index (χ3n) is 3.44. The van der Waals surface area contributed by atoms with Gasteiger partial charge in [0.05, 0.1) is 0 Å². The van der Waals surface area contributed by atoms with Crippen LogP contribution in [0, 0.1) is 4.77 Å². The van der Waals surface area contributed by atoms with E-state index in [0.29, 0.717) is 4.77 Å². The number of hydrogen-bond acceptors (Lipinski definition) is 3. The van der Waals surface area contributed by atoms with Crippen molar-refractivity contribution in [1.82, 2.24) is 19.7 Å². The van der Waals surface area contributed by atoms with Crippen LogP contribution in [-0.2, 0) is 6.42 Å². The summed E-state index contributed by atoms with van der Waals surface area (Å²) < 4.78 is 2.69. The second-order valence-corrected chi connectivity index (χ2v) is 5.39. The highest BCUT2D eigenvalue weighted by Gasteiger charge is 2.15. The van der Waals surface area contributed by atoms with Gasteiger partial charge in [-0.05, 0) is 43.3 Å². The van der Waals surface area contributed by atoms with Crippen LogP contribution in [0.1, 0.15) is 18.5 Å². The van der Waals surface area contributed by atoms with Crippen LogP contribution in [0.5, 0.6) is 0 Å². The molecule has 3 rings (SSSR count). The molecule has 3 aromatic rings. The lowest BCUT2D eigenvalue weighted by Gasteiger charge is -2.15. The molecule has 1 unspecified atom stereocenters. The lowest BCUT2D eigenvalue weighted by atomic mass is 10.1. The van der Waals surface area contributed by atoms with E-state index in [4.69, 9.17) is 12.2 Å². The van der Waals surface area contributed by atoms with E-state index in [2.05, 4.69) is 50.9 Å². The number of benzene rings is 1. The molecule has 0 aliphatic heterocycles. The van der Waals surface area contributed by atoms with Crippen molar-refractivity contribution >= 4 is 12.2 Å². The molecule has 0 saturated carbocycles. The van der Waals surface area contributed by atoms with E-state index in [1.54, 1.807) is 12.4 Å². The van der Waals surface area contributed by atoms with Crippen LogP contribution in [0.15, 0.2) is 54.9 Å². The molecule has 1 atom stereocenters. The number of hydrogen-bond donors (Lipinski definition) is 1. The number of nitrogens with zero attached hydrogens (tertiary/aromatic N) is 3. The lowest BCUT2D eigenvalue weighted by Crippen LogP contribution is -2.10. The van der Waals surface area contributed by atoms with Gasteiger partial charge in [-0.15, -0.1) is 0 Å². The second-order valence-electron chi connectivity index (χ2n) is 5.00. The molecule has 0 aliphatic carbocycles. The van der Waals surface area contributed by atoms with Gasteiger partial charge in [-0.1, -0.05) is 30.3 Å². The van der Waals surface area contributed by atoms with E-state index in [9.17, 15) is 0 Å². The molecular weight excluding hydrogens is 280 g/mol. The van der Waals surface area contributed by atoms with Crippen LogP contribution in [0.25, 0.3) is 11.4 Å². The molecule has 21 heavy (non-hydrogen) atoms. The first-order valence-corrected chi connectivity index (χ1v) is 7.28. The average Bonchev–Trinajstić information content (AvgIpc) is 2.91. The zero-order chi connectivity index (χ0) is 14.7. The van der Waals surface area contributed by atoms with Crippen LogP contribution >= 0.6 is 12.2 Å². The van der Waals surface area contributed by atoms with E-state index in [1.165, 1.54) is 5.56 Å². The van der Waals surface area contributed by atoms with Crippen molar-refractivity contribution in [3.8, 4) is 11.4 Å². The number of pyridine rings is 1. The molecule has 0 aliphatic rings. The van der Waals surface area contributed by atoms with Gasteiger partial charge in [0.25, 0.3) is 0 Å². The predicted octanol–water partition coefficient (Wildman–Crippen LogP) is 3.81. The minimum Gasteiger partial charge on any atom is -0.297 e. The minimum absolute atomic E-state index is 0.217. The topological polar surface area (TPSA) is 46.5 Å². The maximum Gasteiger partial charge on any atom is 0.195 e. The summed E-state index contributed by atoms with van der Waals surface area (Å²) in [7, 11) is 0. The van der Waals surface area contributed by atoms with Crippen LogP contribution in [-0.4, -0.2) is 19.7 Å². The van der Waals surface area contributed by atoms with E-state index < -0.39 is 0 Å². The Hall–Kier alpha value is -2.27. The molecule has 0 bridgehead atoms. The van der Waals surface area contributed by atoms with Gasteiger partial charge in [-0.25, -0.2) is 0 Å². The summed E-state index contributed by atoms with van der Waals surface area (Å²) in [5.74, 6) is 0.830. The molecule has 1 aromatic carbocycles. The van der Waals surface area contributed by atoms with Crippen molar-refractivity contribution in [1.29, 1.82) is 0 Å². The number of H-pyrrole nitrogens is 1. The van der Waals surface area contributed by atoms with E-state index in [1.807, 2.05) is 18.2 Å². The van der Waals surface area contributed by atoms with Crippen molar-refractivity contribution < 1.29 is 0 Å². The van der Waals surface area contributed by atoms with Crippen LogP contribution in [0.2, 0.25) is 0 Å². The third-order valence-corrected chi connectivity index (χ3v) is 3.73. The molecule has 2 heterocycles. The highest BCUT2D eigenvalue weighted by atomic mass is 32.1. The van der Waals surface area contributed by atoms with Crippen molar-refractivity contribution in [2.75, 3.05) is 0 Å². The fourth-order valence-corrected chi connectivity index (χ4v) is 2.77. The predicted molar refractivity (Wildman–Crippen MR) is 85.5 cm³/mol. The zero-order valence-corrected chi connectivity index (χ0v) is 12.5. The van der Waals surface area contributed by atoms with Gasteiger partial charge >= 0.3 is 0 Å². The lowest BCUT2D eigenvalue weighted by molar-refractivity contribution is 0.542. The summed E-state index contributed by atoms with van der Waals surface area (Å²) in [5.41, 5.74) is 2.25. The first-order chi connectivity index (χ1) is 10.3. The number of rotatable bonds is 4.